The maximum absolute atomic E-state index is 2.81. The largest absolute Gasteiger partial charge is 0.293 e. The van der Waals surface area contributed by atoms with Gasteiger partial charge in [-0.2, -0.15) is 11.8 Å². The topological polar surface area (TPSA) is 3.24 Å². The van der Waals surface area contributed by atoms with Crippen LogP contribution in [0.5, 0.6) is 0 Å². The van der Waals surface area contributed by atoms with E-state index in [0.29, 0.717) is 5.54 Å². The van der Waals surface area contributed by atoms with Crippen LogP contribution in [-0.4, -0.2) is 29.5 Å². The van der Waals surface area contributed by atoms with Crippen LogP contribution in [0.25, 0.3) is 0 Å². The Morgan fingerprint density at radius 3 is 2.47 bits per heavy atom. The van der Waals surface area contributed by atoms with Crippen LogP contribution in [-0.2, 0) is 5.54 Å². The van der Waals surface area contributed by atoms with Gasteiger partial charge in [0.2, 0.25) is 0 Å². The molecule has 0 bridgehead atoms. The highest BCUT2D eigenvalue weighted by atomic mass is 32.2. The maximum Gasteiger partial charge on any atom is 0.0569 e. The van der Waals surface area contributed by atoms with Crippen molar-refractivity contribution in [3.8, 4) is 0 Å². The Bertz CT molecular complexity index is 335. The third kappa shape index (κ3) is 2.29. The standard InChI is InChI=1S/C14H21NS2/c1-2-8-15(9-3-1)14(6-11-16-12-7-14)13-5-4-10-17-13/h4-5,10H,1-3,6-9,11-12H2. The molecule has 0 atom stereocenters. The minimum atomic E-state index is 0.403. The average Bonchev–Trinajstić information content (AvgIpc) is 2.95. The molecule has 0 spiro atoms. The number of piperidine rings is 1. The predicted molar refractivity (Wildman–Crippen MR) is 78.0 cm³/mol. The van der Waals surface area contributed by atoms with Crippen molar-refractivity contribution in [2.45, 2.75) is 37.6 Å². The predicted octanol–water partition coefficient (Wildman–Crippen LogP) is 3.96. The quantitative estimate of drug-likeness (QED) is 0.798. The van der Waals surface area contributed by atoms with Gasteiger partial charge in [-0.25, -0.2) is 0 Å². The fourth-order valence-corrected chi connectivity index (χ4v) is 5.47. The second-order valence-electron chi connectivity index (χ2n) is 5.17. The molecule has 1 aromatic rings. The lowest BCUT2D eigenvalue weighted by Gasteiger charge is -2.47. The van der Waals surface area contributed by atoms with Crippen molar-refractivity contribution >= 4 is 23.1 Å². The van der Waals surface area contributed by atoms with Gasteiger partial charge in [0, 0.05) is 4.88 Å². The monoisotopic (exact) mass is 267 g/mol. The molecule has 17 heavy (non-hydrogen) atoms. The molecule has 2 saturated heterocycles. The Kier molecular flexibility index (Phi) is 3.78. The minimum Gasteiger partial charge on any atom is -0.293 e. The Hall–Kier alpha value is 0.01000. The van der Waals surface area contributed by atoms with Crippen molar-refractivity contribution < 1.29 is 0 Å². The maximum atomic E-state index is 2.81. The zero-order valence-electron chi connectivity index (χ0n) is 10.4. The molecule has 2 aliphatic heterocycles. The fourth-order valence-electron chi connectivity index (χ4n) is 3.29. The van der Waals surface area contributed by atoms with Crippen LogP contribution >= 0.6 is 23.1 Å². The summed E-state index contributed by atoms with van der Waals surface area (Å²) >= 11 is 4.11. The van der Waals surface area contributed by atoms with Crippen molar-refractivity contribution in [3.05, 3.63) is 22.4 Å². The molecule has 3 heterocycles. The minimum absolute atomic E-state index is 0.403. The summed E-state index contributed by atoms with van der Waals surface area (Å²) in [7, 11) is 0. The van der Waals surface area contributed by atoms with E-state index in [0.717, 1.165) is 0 Å². The summed E-state index contributed by atoms with van der Waals surface area (Å²) in [6, 6.07) is 4.60. The van der Waals surface area contributed by atoms with E-state index < -0.39 is 0 Å². The zero-order chi connectivity index (χ0) is 11.6. The molecular formula is C14H21NS2. The van der Waals surface area contributed by atoms with Crippen LogP contribution in [0.2, 0.25) is 0 Å². The zero-order valence-corrected chi connectivity index (χ0v) is 12.0. The molecule has 2 fully saturated rings. The molecule has 94 valence electrons. The number of likely N-dealkylation sites (tertiary alicyclic amines) is 1. The van der Waals surface area contributed by atoms with Crippen molar-refractivity contribution in [1.82, 2.24) is 4.90 Å². The Labute approximate surface area is 113 Å². The van der Waals surface area contributed by atoms with Crippen LogP contribution < -0.4 is 0 Å². The number of thiophene rings is 1. The first-order chi connectivity index (χ1) is 8.42. The Balaban J connectivity index is 1.89. The van der Waals surface area contributed by atoms with Gasteiger partial charge >= 0.3 is 0 Å². The summed E-state index contributed by atoms with van der Waals surface area (Å²) in [5.41, 5.74) is 0.403. The third-order valence-electron chi connectivity index (χ3n) is 4.26. The number of hydrogen-bond acceptors (Lipinski definition) is 3. The summed E-state index contributed by atoms with van der Waals surface area (Å²) < 4.78 is 0. The van der Waals surface area contributed by atoms with Gasteiger partial charge in [-0.1, -0.05) is 12.5 Å². The Morgan fingerprint density at radius 1 is 1.06 bits per heavy atom. The molecule has 0 aromatic carbocycles. The first-order valence-corrected chi connectivity index (χ1v) is 8.82. The number of nitrogens with zero attached hydrogens (tertiary/aromatic N) is 1. The normalized spacial score (nSPS) is 25.9. The summed E-state index contributed by atoms with van der Waals surface area (Å²) in [6.07, 6.45) is 6.96. The molecule has 0 unspecified atom stereocenters. The molecule has 1 aromatic heterocycles. The first kappa shape index (κ1) is 12.1. The molecular weight excluding hydrogens is 246 g/mol. The van der Waals surface area contributed by atoms with Gasteiger partial charge < -0.3 is 0 Å². The molecule has 0 radical (unpaired) electrons. The number of rotatable bonds is 2. The number of hydrogen-bond donors (Lipinski definition) is 0. The van der Waals surface area contributed by atoms with Crippen molar-refractivity contribution in [1.29, 1.82) is 0 Å². The van der Waals surface area contributed by atoms with E-state index in [1.54, 1.807) is 4.88 Å². The average molecular weight is 267 g/mol. The van der Waals surface area contributed by atoms with E-state index >= 15 is 0 Å². The second kappa shape index (κ2) is 5.33. The van der Waals surface area contributed by atoms with E-state index in [4.69, 9.17) is 0 Å². The van der Waals surface area contributed by atoms with Gasteiger partial charge in [-0.15, -0.1) is 11.3 Å². The Morgan fingerprint density at radius 2 is 1.82 bits per heavy atom. The fraction of sp³-hybridized carbons (Fsp3) is 0.714. The van der Waals surface area contributed by atoms with E-state index in [9.17, 15) is 0 Å². The van der Waals surface area contributed by atoms with Gasteiger partial charge in [-0.05, 0) is 61.7 Å². The molecule has 0 saturated carbocycles. The van der Waals surface area contributed by atoms with Crippen LogP contribution in [0, 0.1) is 0 Å². The van der Waals surface area contributed by atoms with Crippen LogP contribution in [0.15, 0.2) is 17.5 Å². The first-order valence-electron chi connectivity index (χ1n) is 6.79. The van der Waals surface area contributed by atoms with Gasteiger partial charge in [0.1, 0.15) is 0 Å². The molecule has 1 nitrogen and oxygen atoms in total. The van der Waals surface area contributed by atoms with Crippen molar-refractivity contribution in [2.75, 3.05) is 24.6 Å². The molecule has 0 N–H and O–H groups in total. The lowest BCUT2D eigenvalue weighted by molar-refractivity contribution is 0.0582. The van der Waals surface area contributed by atoms with Crippen LogP contribution in [0.3, 0.4) is 0 Å². The summed E-state index contributed by atoms with van der Waals surface area (Å²) in [5.74, 6) is 2.68. The second-order valence-corrected chi connectivity index (χ2v) is 7.34. The lowest BCUT2D eigenvalue weighted by atomic mass is 9.86. The van der Waals surface area contributed by atoms with Gasteiger partial charge in [0.05, 0.1) is 5.54 Å². The molecule has 2 aliphatic rings. The van der Waals surface area contributed by atoms with E-state index in [2.05, 4.69) is 34.2 Å². The SMILES string of the molecule is c1csc(C2(N3CCCCC3)CCSCC2)c1. The van der Waals surface area contributed by atoms with Gasteiger partial charge in [0.25, 0.3) is 0 Å². The third-order valence-corrected chi connectivity index (χ3v) is 6.31. The number of thioether (sulfide) groups is 1. The van der Waals surface area contributed by atoms with Gasteiger partial charge in [0.15, 0.2) is 0 Å². The smallest absolute Gasteiger partial charge is 0.0569 e. The van der Waals surface area contributed by atoms with Crippen LogP contribution in [0.4, 0.5) is 0 Å². The van der Waals surface area contributed by atoms with E-state index in [1.807, 2.05) is 11.3 Å². The molecule has 3 rings (SSSR count). The molecule has 0 amide bonds. The van der Waals surface area contributed by atoms with Crippen molar-refractivity contribution in [2.24, 2.45) is 0 Å². The van der Waals surface area contributed by atoms with E-state index in [1.165, 1.54) is 56.7 Å². The highest BCUT2D eigenvalue weighted by Gasteiger charge is 2.40. The molecule has 0 aliphatic carbocycles. The molecule has 3 heteroatoms. The van der Waals surface area contributed by atoms with Gasteiger partial charge in [-0.3, -0.25) is 4.90 Å². The van der Waals surface area contributed by atoms with Crippen molar-refractivity contribution in [3.63, 3.8) is 0 Å². The van der Waals surface area contributed by atoms with Crippen LogP contribution in [0.1, 0.15) is 37.0 Å². The lowest BCUT2D eigenvalue weighted by Crippen LogP contribution is -2.50. The summed E-state index contributed by atoms with van der Waals surface area (Å²) in [6.45, 7) is 2.64. The summed E-state index contributed by atoms with van der Waals surface area (Å²) in [4.78, 5) is 4.43. The van der Waals surface area contributed by atoms with E-state index in [-0.39, 0.29) is 0 Å². The summed E-state index contributed by atoms with van der Waals surface area (Å²) in [5, 5.41) is 2.25. The highest BCUT2D eigenvalue weighted by Crippen LogP contribution is 2.44. The highest BCUT2D eigenvalue weighted by molar-refractivity contribution is 7.99.